The molecule has 2 aliphatic rings. The van der Waals surface area contributed by atoms with Gasteiger partial charge in [0.2, 0.25) is 0 Å². The molecule has 1 aromatic rings. The van der Waals surface area contributed by atoms with Gasteiger partial charge >= 0.3 is 6.09 Å². The molecule has 1 aromatic carbocycles. The van der Waals surface area contributed by atoms with E-state index in [2.05, 4.69) is 0 Å². The number of rotatable bonds is 7. The summed E-state index contributed by atoms with van der Waals surface area (Å²) in [4.78, 5) is 13.9. The van der Waals surface area contributed by atoms with Gasteiger partial charge in [0.15, 0.2) is 5.72 Å². The zero-order valence-corrected chi connectivity index (χ0v) is 15.5. The molecule has 2 bridgehead atoms. The van der Waals surface area contributed by atoms with Crippen molar-refractivity contribution in [1.82, 2.24) is 4.90 Å². The van der Waals surface area contributed by atoms with Crippen LogP contribution in [0.25, 0.3) is 0 Å². The lowest BCUT2D eigenvalue weighted by atomic mass is 9.89. The Morgan fingerprint density at radius 2 is 2.12 bits per heavy atom. The van der Waals surface area contributed by atoms with E-state index >= 15 is 0 Å². The molecular formula is C19H26ClNO4. The Hall–Kier alpha value is -1.30. The highest BCUT2D eigenvalue weighted by Gasteiger charge is 2.52. The molecule has 0 saturated heterocycles. The summed E-state index contributed by atoms with van der Waals surface area (Å²) in [5.74, 6) is 1.03. The summed E-state index contributed by atoms with van der Waals surface area (Å²) in [6, 6.07) is 7.29. The van der Waals surface area contributed by atoms with Crippen LogP contribution in [0.5, 0.6) is 0 Å². The summed E-state index contributed by atoms with van der Waals surface area (Å²) in [5.41, 5.74) is -0.462. The van der Waals surface area contributed by atoms with E-state index in [0.717, 1.165) is 19.3 Å². The van der Waals surface area contributed by atoms with E-state index in [1.54, 1.807) is 6.07 Å². The van der Waals surface area contributed by atoms with Crippen LogP contribution in [-0.2, 0) is 15.2 Å². The predicted octanol–water partition coefficient (Wildman–Crippen LogP) is 4.69. The average Bonchev–Trinajstić information content (AvgIpc) is 3.22. The van der Waals surface area contributed by atoms with Crippen LogP contribution in [0, 0.1) is 11.8 Å². The van der Waals surface area contributed by atoms with Gasteiger partial charge in [-0.1, -0.05) is 43.1 Å². The lowest BCUT2D eigenvalue weighted by Gasteiger charge is -2.47. The molecule has 0 aliphatic heterocycles. The maximum atomic E-state index is 12.4. The number of amides is 1. The normalized spacial score (nSPS) is 27.2. The minimum atomic E-state index is -1.14. The zero-order valence-electron chi connectivity index (χ0n) is 14.8. The van der Waals surface area contributed by atoms with E-state index in [1.165, 1.54) is 18.4 Å². The van der Waals surface area contributed by atoms with Crippen molar-refractivity contribution in [1.29, 1.82) is 0 Å². The molecule has 2 saturated carbocycles. The van der Waals surface area contributed by atoms with Crippen LogP contribution in [0.1, 0.15) is 44.6 Å². The maximum absolute atomic E-state index is 12.4. The van der Waals surface area contributed by atoms with Gasteiger partial charge in [0.25, 0.3) is 0 Å². The largest absolute Gasteiger partial charge is 0.465 e. The lowest BCUT2D eigenvalue weighted by molar-refractivity contribution is -0.215. The third kappa shape index (κ3) is 3.25. The van der Waals surface area contributed by atoms with Crippen LogP contribution < -0.4 is 0 Å². The number of carbonyl (C=O) groups is 1. The van der Waals surface area contributed by atoms with E-state index < -0.39 is 11.8 Å². The van der Waals surface area contributed by atoms with Gasteiger partial charge in [0, 0.05) is 23.7 Å². The van der Waals surface area contributed by atoms with Crippen molar-refractivity contribution in [2.75, 3.05) is 13.9 Å². The van der Waals surface area contributed by atoms with E-state index in [9.17, 15) is 9.90 Å². The highest BCUT2D eigenvalue weighted by Crippen LogP contribution is 2.50. The first kappa shape index (κ1) is 18.5. The van der Waals surface area contributed by atoms with Gasteiger partial charge in [0.05, 0.1) is 0 Å². The number of benzene rings is 1. The van der Waals surface area contributed by atoms with E-state index in [-0.39, 0.29) is 12.8 Å². The Balaban J connectivity index is 2.07. The fraction of sp³-hybridized carbons (Fsp3) is 0.632. The second kappa shape index (κ2) is 7.52. The van der Waals surface area contributed by atoms with Crippen LogP contribution in [0.2, 0.25) is 5.02 Å². The second-order valence-electron chi connectivity index (χ2n) is 7.06. The zero-order chi connectivity index (χ0) is 18.0. The van der Waals surface area contributed by atoms with Gasteiger partial charge in [-0.3, -0.25) is 4.90 Å². The van der Waals surface area contributed by atoms with Gasteiger partial charge in [-0.15, -0.1) is 0 Å². The number of halogens is 1. The maximum Gasteiger partial charge on any atom is 0.410 e. The number of carboxylic acid groups (broad SMARTS) is 1. The molecule has 3 unspecified atom stereocenters. The van der Waals surface area contributed by atoms with Crippen LogP contribution in [0.4, 0.5) is 4.79 Å². The number of fused-ring (bicyclic) bond motifs is 2. The Bertz CT molecular complexity index is 625. The van der Waals surface area contributed by atoms with Crippen molar-refractivity contribution < 1.29 is 19.4 Å². The highest BCUT2D eigenvalue weighted by molar-refractivity contribution is 6.31. The summed E-state index contributed by atoms with van der Waals surface area (Å²) < 4.78 is 11.2. The minimum Gasteiger partial charge on any atom is -0.465 e. The SMILES string of the molecule is CC[C@](OCOC)(c1ccccc1Cl)N(C(=O)O)C1CC2CCC1C2. The summed E-state index contributed by atoms with van der Waals surface area (Å²) in [7, 11) is 1.54. The Kier molecular flexibility index (Phi) is 5.56. The molecule has 0 spiro atoms. The van der Waals surface area contributed by atoms with Crippen molar-refractivity contribution in [2.24, 2.45) is 11.8 Å². The molecule has 2 fully saturated rings. The molecule has 1 amide bonds. The summed E-state index contributed by atoms with van der Waals surface area (Å²) in [6.45, 7) is 1.94. The third-order valence-corrected chi connectivity index (χ3v) is 6.15. The van der Waals surface area contributed by atoms with Crippen molar-refractivity contribution >= 4 is 17.7 Å². The summed E-state index contributed by atoms with van der Waals surface area (Å²) >= 11 is 6.46. The fourth-order valence-corrected chi connectivity index (χ4v) is 5.05. The van der Waals surface area contributed by atoms with Crippen molar-refractivity contribution in [3.8, 4) is 0 Å². The quantitative estimate of drug-likeness (QED) is 0.710. The van der Waals surface area contributed by atoms with Crippen LogP contribution in [0.15, 0.2) is 24.3 Å². The molecule has 0 heterocycles. The van der Waals surface area contributed by atoms with Crippen molar-refractivity contribution in [2.45, 2.75) is 50.8 Å². The standard InChI is InChI=1S/C19H26ClNO4/c1-3-19(25-12-24-2,15-6-4-5-7-16(15)20)21(18(22)23)17-11-13-8-9-14(17)10-13/h4-7,13-14,17H,3,8-12H2,1-2H3,(H,22,23)/t13?,14?,17?,19-/m0/s1. The van der Waals surface area contributed by atoms with E-state index in [4.69, 9.17) is 21.1 Å². The summed E-state index contributed by atoms with van der Waals surface area (Å²) in [5, 5.41) is 10.7. The van der Waals surface area contributed by atoms with E-state index in [0.29, 0.717) is 28.8 Å². The highest BCUT2D eigenvalue weighted by atomic mass is 35.5. The molecule has 3 rings (SSSR count). The number of methoxy groups -OCH3 is 1. The monoisotopic (exact) mass is 367 g/mol. The van der Waals surface area contributed by atoms with Gasteiger partial charge in [-0.2, -0.15) is 0 Å². The first-order valence-electron chi connectivity index (χ1n) is 8.93. The molecule has 25 heavy (non-hydrogen) atoms. The van der Waals surface area contributed by atoms with Gasteiger partial charge in [-0.05, 0) is 43.6 Å². The fourth-order valence-electron chi connectivity index (χ4n) is 4.77. The number of ether oxygens (including phenoxy) is 2. The molecule has 4 atom stereocenters. The van der Waals surface area contributed by atoms with Gasteiger partial charge in [-0.25, -0.2) is 4.79 Å². The smallest absolute Gasteiger partial charge is 0.410 e. The average molecular weight is 368 g/mol. The predicted molar refractivity (Wildman–Crippen MR) is 95.5 cm³/mol. The number of hydrogen-bond acceptors (Lipinski definition) is 3. The van der Waals surface area contributed by atoms with Crippen LogP contribution >= 0.6 is 11.6 Å². The first-order valence-corrected chi connectivity index (χ1v) is 9.31. The Labute approximate surface area is 153 Å². The van der Waals surface area contributed by atoms with E-state index in [1.807, 2.05) is 25.1 Å². The Morgan fingerprint density at radius 3 is 2.64 bits per heavy atom. The lowest BCUT2D eigenvalue weighted by Crippen LogP contribution is -2.57. The topological polar surface area (TPSA) is 59.0 Å². The number of nitrogens with zero attached hydrogens (tertiary/aromatic N) is 1. The molecule has 1 N–H and O–H groups in total. The third-order valence-electron chi connectivity index (χ3n) is 5.82. The minimum absolute atomic E-state index is 0.00363. The molecule has 138 valence electrons. The molecule has 0 aromatic heterocycles. The molecular weight excluding hydrogens is 342 g/mol. The number of hydrogen-bond donors (Lipinski definition) is 1. The second-order valence-corrected chi connectivity index (χ2v) is 7.47. The van der Waals surface area contributed by atoms with Gasteiger partial charge in [0.1, 0.15) is 6.79 Å². The molecule has 6 heteroatoms. The molecule has 0 radical (unpaired) electrons. The Morgan fingerprint density at radius 1 is 1.36 bits per heavy atom. The van der Waals surface area contributed by atoms with Crippen LogP contribution in [-0.4, -0.2) is 36.0 Å². The summed E-state index contributed by atoms with van der Waals surface area (Å²) in [6.07, 6.45) is 3.81. The first-order chi connectivity index (χ1) is 12.0. The van der Waals surface area contributed by atoms with Gasteiger partial charge < -0.3 is 14.6 Å². The van der Waals surface area contributed by atoms with Crippen molar-refractivity contribution in [3.63, 3.8) is 0 Å². The molecule has 5 nitrogen and oxygen atoms in total. The van der Waals surface area contributed by atoms with Crippen molar-refractivity contribution in [3.05, 3.63) is 34.9 Å². The van der Waals surface area contributed by atoms with Crippen LogP contribution in [0.3, 0.4) is 0 Å². The molecule has 2 aliphatic carbocycles.